The number of hydrogen-bond donors (Lipinski definition) is 1. The highest BCUT2D eigenvalue weighted by Crippen LogP contribution is 2.28. The van der Waals surface area contributed by atoms with E-state index in [9.17, 15) is 9.18 Å². The quantitative estimate of drug-likeness (QED) is 0.370. The maximum atomic E-state index is 14.5. The van der Waals surface area contributed by atoms with Crippen LogP contribution in [0.15, 0.2) is 60.7 Å². The lowest BCUT2D eigenvalue weighted by Gasteiger charge is -2.17. The lowest BCUT2D eigenvalue weighted by molar-refractivity contribution is -0.121. The van der Waals surface area contributed by atoms with E-state index < -0.39 is 6.04 Å². The zero-order valence-corrected chi connectivity index (χ0v) is 19.9. The highest BCUT2D eigenvalue weighted by molar-refractivity contribution is 6.31. The van der Waals surface area contributed by atoms with Crippen molar-refractivity contribution in [3.8, 4) is 11.5 Å². The maximum absolute atomic E-state index is 14.5. The van der Waals surface area contributed by atoms with Crippen LogP contribution in [-0.2, 0) is 17.8 Å². The topological polar surface area (TPSA) is 65.4 Å². The molecule has 0 aliphatic rings. The molecule has 0 spiro atoms. The lowest BCUT2D eigenvalue weighted by Crippen LogP contribution is -2.30. The molecule has 4 aromatic rings. The number of hydrogen-bond acceptors (Lipinski definition) is 4. The second kappa shape index (κ2) is 10.1. The van der Waals surface area contributed by atoms with Gasteiger partial charge in [0.15, 0.2) is 11.5 Å². The molecule has 1 atom stereocenters. The molecule has 0 radical (unpaired) electrons. The number of aromatic nitrogens is 2. The van der Waals surface area contributed by atoms with E-state index in [0.29, 0.717) is 27.9 Å². The minimum atomic E-state index is -0.425. The van der Waals surface area contributed by atoms with E-state index in [0.717, 1.165) is 16.6 Å². The summed E-state index contributed by atoms with van der Waals surface area (Å²) in [7, 11) is 3.11. The molecular weight excluding hydrogens is 457 g/mol. The van der Waals surface area contributed by atoms with Crippen molar-refractivity contribution in [2.45, 2.75) is 25.9 Å². The van der Waals surface area contributed by atoms with E-state index in [1.165, 1.54) is 6.07 Å². The molecule has 0 aliphatic heterocycles. The van der Waals surface area contributed by atoms with Crippen LogP contribution in [0.2, 0.25) is 5.02 Å². The number of halogens is 2. The smallest absolute Gasteiger partial charge is 0.224 e. The number of carbonyl (C=O) groups excluding carboxylic acids is 1. The van der Waals surface area contributed by atoms with Gasteiger partial charge in [-0.1, -0.05) is 35.9 Å². The van der Waals surface area contributed by atoms with Gasteiger partial charge in [0.25, 0.3) is 0 Å². The standard InChI is InChI=1S/C26H25ClFN3O3/c1-16(29-25(32)14-17-11-12-23(33-2)24(13-17)34-3)26-30-21-9-4-5-10-22(21)31(26)15-18-19(27)7-6-8-20(18)28/h4-13,16H,14-15H2,1-3H3,(H,29,32). The summed E-state index contributed by atoms with van der Waals surface area (Å²) < 4.78 is 27.0. The van der Waals surface area contributed by atoms with Gasteiger partial charge in [-0.3, -0.25) is 4.79 Å². The predicted molar refractivity (Wildman–Crippen MR) is 130 cm³/mol. The molecule has 1 aromatic heterocycles. The minimum absolute atomic E-state index is 0.157. The van der Waals surface area contributed by atoms with Crippen LogP contribution in [0, 0.1) is 5.82 Å². The number of nitrogens with one attached hydrogen (secondary N) is 1. The van der Waals surface area contributed by atoms with E-state index in [2.05, 4.69) is 5.32 Å². The zero-order valence-electron chi connectivity index (χ0n) is 19.1. The summed E-state index contributed by atoms with van der Waals surface area (Å²) >= 11 is 6.29. The van der Waals surface area contributed by atoms with Gasteiger partial charge >= 0.3 is 0 Å². The van der Waals surface area contributed by atoms with Crippen molar-refractivity contribution in [3.05, 3.63) is 88.5 Å². The molecule has 0 bridgehead atoms. The third-order valence-corrected chi connectivity index (χ3v) is 5.99. The number of fused-ring (bicyclic) bond motifs is 1. The van der Waals surface area contributed by atoms with Crippen molar-refractivity contribution < 1.29 is 18.7 Å². The highest BCUT2D eigenvalue weighted by atomic mass is 35.5. The first kappa shape index (κ1) is 23.6. The van der Waals surface area contributed by atoms with Crippen LogP contribution in [0.25, 0.3) is 11.0 Å². The molecule has 34 heavy (non-hydrogen) atoms. The van der Waals surface area contributed by atoms with Crippen molar-refractivity contribution in [2.75, 3.05) is 14.2 Å². The van der Waals surface area contributed by atoms with E-state index in [1.54, 1.807) is 38.5 Å². The zero-order chi connectivity index (χ0) is 24.2. The average Bonchev–Trinajstić information content (AvgIpc) is 3.20. The largest absolute Gasteiger partial charge is 0.493 e. The van der Waals surface area contributed by atoms with Gasteiger partial charge in [0.05, 0.1) is 44.3 Å². The van der Waals surface area contributed by atoms with Crippen LogP contribution in [-0.4, -0.2) is 29.7 Å². The van der Waals surface area contributed by atoms with Gasteiger partial charge in [0.2, 0.25) is 5.91 Å². The fraction of sp³-hybridized carbons (Fsp3) is 0.231. The number of ether oxygens (including phenoxy) is 2. The fourth-order valence-corrected chi connectivity index (χ4v) is 4.19. The van der Waals surface area contributed by atoms with Crippen molar-refractivity contribution in [1.82, 2.24) is 14.9 Å². The van der Waals surface area contributed by atoms with E-state index in [4.69, 9.17) is 26.1 Å². The molecule has 0 saturated heterocycles. The van der Waals surface area contributed by atoms with Crippen LogP contribution in [0.4, 0.5) is 4.39 Å². The Labute approximate surface area is 202 Å². The van der Waals surface area contributed by atoms with E-state index in [1.807, 2.05) is 41.8 Å². The summed E-state index contributed by atoms with van der Waals surface area (Å²) in [6.45, 7) is 2.05. The maximum Gasteiger partial charge on any atom is 0.224 e. The predicted octanol–water partition coefficient (Wildman–Crippen LogP) is 5.31. The molecule has 1 unspecified atom stereocenters. The molecule has 1 N–H and O–H groups in total. The Bertz CT molecular complexity index is 1320. The summed E-state index contributed by atoms with van der Waals surface area (Å²) in [5, 5.41) is 3.35. The van der Waals surface area contributed by atoms with E-state index in [-0.39, 0.29) is 24.7 Å². The molecule has 0 saturated carbocycles. The first-order valence-corrected chi connectivity index (χ1v) is 11.2. The average molecular weight is 482 g/mol. The normalized spacial score (nSPS) is 11.9. The molecule has 8 heteroatoms. The van der Waals surface area contributed by atoms with Crippen LogP contribution in [0.3, 0.4) is 0 Å². The van der Waals surface area contributed by atoms with Crippen LogP contribution < -0.4 is 14.8 Å². The molecule has 1 amide bonds. The first-order valence-electron chi connectivity index (χ1n) is 10.8. The number of rotatable bonds is 8. The van der Waals surface area contributed by atoms with Gasteiger partial charge < -0.3 is 19.4 Å². The Morgan fingerprint density at radius 2 is 1.85 bits per heavy atom. The molecule has 4 rings (SSSR count). The summed E-state index contributed by atoms with van der Waals surface area (Å²) in [6.07, 6.45) is 0.157. The summed E-state index contributed by atoms with van der Waals surface area (Å²) in [4.78, 5) is 17.6. The molecule has 3 aromatic carbocycles. The number of para-hydroxylation sites is 2. The van der Waals surface area contributed by atoms with Gasteiger partial charge in [-0.15, -0.1) is 0 Å². The Hall–Kier alpha value is -3.58. The van der Waals surface area contributed by atoms with Gasteiger partial charge in [-0.2, -0.15) is 0 Å². The van der Waals surface area contributed by atoms with Gasteiger partial charge in [0, 0.05) is 10.6 Å². The number of amides is 1. The molecular formula is C26H25ClFN3O3. The SMILES string of the molecule is COc1ccc(CC(=O)NC(C)c2nc3ccccc3n2Cc2c(F)cccc2Cl)cc1OC. The monoisotopic (exact) mass is 481 g/mol. The Kier molecular flexibility index (Phi) is 7.03. The molecule has 6 nitrogen and oxygen atoms in total. The van der Waals surface area contributed by atoms with Crippen molar-refractivity contribution in [1.29, 1.82) is 0 Å². The molecule has 176 valence electrons. The number of methoxy groups -OCH3 is 2. The molecule has 0 aliphatic carbocycles. The Balaban J connectivity index is 1.59. The number of benzene rings is 3. The van der Waals surface area contributed by atoms with Crippen LogP contribution >= 0.6 is 11.6 Å². The highest BCUT2D eigenvalue weighted by Gasteiger charge is 2.20. The van der Waals surface area contributed by atoms with Gasteiger partial charge in [-0.05, 0) is 48.9 Å². The second-order valence-electron chi connectivity index (χ2n) is 7.90. The fourth-order valence-electron chi connectivity index (χ4n) is 3.97. The summed E-state index contributed by atoms with van der Waals surface area (Å²) in [6, 6.07) is 17.1. The second-order valence-corrected chi connectivity index (χ2v) is 8.31. The van der Waals surface area contributed by atoms with E-state index >= 15 is 0 Å². The molecule has 0 fully saturated rings. The van der Waals surface area contributed by atoms with Gasteiger partial charge in [-0.25, -0.2) is 9.37 Å². The molecule has 1 heterocycles. The van der Waals surface area contributed by atoms with Crippen molar-refractivity contribution >= 4 is 28.5 Å². The van der Waals surface area contributed by atoms with Crippen LogP contribution in [0.5, 0.6) is 11.5 Å². The minimum Gasteiger partial charge on any atom is -0.493 e. The lowest BCUT2D eigenvalue weighted by atomic mass is 10.1. The van der Waals surface area contributed by atoms with Crippen molar-refractivity contribution in [3.63, 3.8) is 0 Å². The number of nitrogens with zero attached hydrogens (tertiary/aromatic N) is 2. The van der Waals surface area contributed by atoms with Crippen molar-refractivity contribution in [2.24, 2.45) is 0 Å². The first-order chi connectivity index (χ1) is 16.4. The Morgan fingerprint density at radius 3 is 2.59 bits per heavy atom. The van der Waals surface area contributed by atoms with Gasteiger partial charge in [0.1, 0.15) is 11.6 Å². The van der Waals surface area contributed by atoms with Crippen LogP contribution in [0.1, 0.15) is 29.9 Å². The number of imidazole rings is 1. The Morgan fingerprint density at radius 1 is 1.09 bits per heavy atom. The third kappa shape index (κ3) is 4.84. The third-order valence-electron chi connectivity index (χ3n) is 5.64. The number of carbonyl (C=O) groups is 1. The summed E-state index contributed by atoms with van der Waals surface area (Å²) in [5.41, 5.74) is 2.75. The summed E-state index contributed by atoms with van der Waals surface area (Å²) in [5.74, 6) is 1.20.